The summed E-state index contributed by atoms with van der Waals surface area (Å²) in [5.41, 5.74) is 12.1. The van der Waals surface area contributed by atoms with Crippen molar-refractivity contribution in [1.82, 2.24) is 10.3 Å². The van der Waals surface area contributed by atoms with Crippen molar-refractivity contribution >= 4 is 44.3 Å². The lowest BCUT2D eigenvalue weighted by Gasteiger charge is -2.15. The summed E-state index contributed by atoms with van der Waals surface area (Å²) >= 11 is 0. The van der Waals surface area contributed by atoms with Gasteiger partial charge in [-0.3, -0.25) is 14.6 Å². The maximum absolute atomic E-state index is 12.6. The molecule has 0 spiro atoms. The Hall–Kier alpha value is -1.81. The van der Waals surface area contributed by atoms with E-state index in [2.05, 4.69) is 10.3 Å². The zero-order chi connectivity index (χ0) is 19.1. The van der Waals surface area contributed by atoms with E-state index in [1.807, 2.05) is 19.1 Å². The van der Waals surface area contributed by atoms with Gasteiger partial charge in [0.25, 0.3) is 5.91 Å². The first kappa shape index (κ1) is 20.5. The minimum absolute atomic E-state index is 0.0980. The number of nitrogens with one attached hydrogen (secondary N) is 1. The highest BCUT2D eigenvalue weighted by Gasteiger charge is 2.16. The number of hydrogen-bond donors (Lipinski definition) is 3. The van der Waals surface area contributed by atoms with E-state index in [0.29, 0.717) is 17.9 Å². The Balaban J connectivity index is 2.20. The smallest absolute Gasteiger partial charge is 0.252 e. The molecule has 0 aliphatic carbocycles. The SMILES string of the molecule is COCC(C)NC(=O)c1ccc(SSC[C@H](N)C(N)=O)c2ncccc12. The topological polar surface area (TPSA) is 120 Å². The number of aromatic nitrogens is 1. The summed E-state index contributed by atoms with van der Waals surface area (Å²) in [5, 5.41) is 3.67. The van der Waals surface area contributed by atoms with Crippen molar-refractivity contribution in [2.24, 2.45) is 11.5 Å². The second-order valence-electron chi connectivity index (χ2n) is 5.72. The van der Waals surface area contributed by atoms with Crippen molar-refractivity contribution in [3.63, 3.8) is 0 Å². The molecule has 2 amide bonds. The number of carbonyl (C=O) groups excluding carboxylic acids is 2. The maximum Gasteiger partial charge on any atom is 0.252 e. The molecule has 1 aromatic carbocycles. The summed E-state index contributed by atoms with van der Waals surface area (Å²) < 4.78 is 5.05. The number of amides is 2. The van der Waals surface area contributed by atoms with Gasteiger partial charge in [0.15, 0.2) is 0 Å². The van der Waals surface area contributed by atoms with Crippen molar-refractivity contribution in [1.29, 1.82) is 0 Å². The fourth-order valence-electron chi connectivity index (χ4n) is 2.26. The van der Waals surface area contributed by atoms with E-state index in [0.717, 1.165) is 15.8 Å². The lowest BCUT2D eigenvalue weighted by atomic mass is 10.1. The monoisotopic (exact) mass is 394 g/mol. The quantitative estimate of drug-likeness (QED) is 0.552. The Morgan fingerprint density at radius 3 is 2.81 bits per heavy atom. The molecule has 0 bridgehead atoms. The fraction of sp³-hybridized carbons (Fsp3) is 0.353. The van der Waals surface area contributed by atoms with Crippen LogP contribution < -0.4 is 16.8 Å². The first-order valence-corrected chi connectivity index (χ1v) is 10.3. The molecule has 9 heteroatoms. The summed E-state index contributed by atoms with van der Waals surface area (Å²) in [6, 6.07) is 6.48. The van der Waals surface area contributed by atoms with E-state index in [1.165, 1.54) is 21.6 Å². The maximum atomic E-state index is 12.6. The first-order chi connectivity index (χ1) is 12.4. The minimum Gasteiger partial charge on any atom is -0.383 e. The summed E-state index contributed by atoms with van der Waals surface area (Å²) in [5.74, 6) is -0.309. The molecule has 2 atom stereocenters. The van der Waals surface area contributed by atoms with E-state index in [-0.39, 0.29) is 11.9 Å². The summed E-state index contributed by atoms with van der Waals surface area (Å²) in [7, 11) is 4.47. The summed E-state index contributed by atoms with van der Waals surface area (Å²) in [4.78, 5) is 28.9. The van der Waals surface area contributed by atoms with Crippen LogP contribution in [0, 0.1) is 0 Å². The van der Waals surface area contributed by atoms with Gasteiger partial charge in [-0.05, 0) is 25.1 Å². The molecule has 0 radical (unpaired) electrons. The normalized spacial score (nSPS) is 13.3. The zero-order valence-corrected chi connectivity index (χ0v) is 16.2. The molecule has 0 aliphatic rings. The number of nitrogens with two attached hydrogens (primary N) is 2. The molecule has 0 fully saturated rings. The van der Waals surface area contributed by atoms with Crippen LogP contribution in [0.15, 0.2) is 35.4 Å². The van der Waals surface area contributed by atoms with E-state index >= 15 is 0 Å². The van der Waals surface area contributed by atoms with Crippen LogP contribution in [-0.2, 0) is 9.53 Å². The minimum atomic E-state index is -0.695. The Bertz CT molecular complexity index is 788. The lowest BCUT2D eigenvalue weighted by Crippen LogP contribution is -2.38. The number of hydrogen-bond acceptors (Lipinski definition) is 7. The molecule has 2 rings (SSSR count). The van der Waals surface area contributed by atoms with Gasteiger partial charge in [-0.2, -0.15) is 0 Å². The van der Waals surface area contributed by atoms with E-state index < -0.39 is 11.9 Å². The van der Waals surface area contributed by atoms with Crippen molar-refractivity contribution in [2.45, 2.75) is 23.9 Å². The highest BCUT2D eigenvalue weighted by molar-refractivity contribution is 8.76. The van der Waals surface area contributed by atoms with E-state index in [9.17, 15) is 9.59 Å². The number of carbonyl (C=O) groups is 2. The van der Waals surface area contributed by atoms with Crippen LogP contribution in [0.25, 0.3) is 10.9 Å². The van der Waals surface area contributed by atoms with Crippen LogP contribution in [0.3, 0.4) is 0 Å². The Kier molecular flexibility index (Phi) is 7.70. The summed E-state index contributed by atoms with van der Waals surface area (Å²) in [6.45, 7) is 2.32. The van der Waals surface area contributed by atoms with Crippen LogP contribution >= 0.6 is 21.6 Å². The van der Waals surface area contributed by atoms with Crippen molar-refractivity contribution in [3.05, 3.63) is 36.0 Å². The summed E-state index contributed by atoms with van der Waals surface area (Å²) in [6.07, 6.45) is 1.68. The second kappa shape index (κ2) is 9.77. The Morgan fingerprint density at radius 2 is 2.12 bits per heavy atom. The second-order valence-corrected chi connectivity index (χ2v) is 8.10. The molecule has 5 N–H and O–H groups in total. The molecule has 1 unspecified atom stereocenters. The third-order valence-corrected chi connectivity index (χ3v) is 5.96. The third-order valence-electron chi connectivity index (χ3n) is 3.53. The van der Waals surface area contributed by atoms with Crippen molar-refractivity contribution in [3.8, 4) is 0 Å². The fourth-order valence-corrected chi connectivity index (χ4v) is 4.56. The van der Waals surface area contributed by atoms with Gasteiger partial charge in [0.2, 0.25) is 5.91 Å². The molecular weight excluding hydrogens is 372 g/mol. The molecule has 1 heterocycles. The van der Waals surface area contributed by atoms with Gasteiger partial charge in [0.1, 0.15) is 0 Å². The third kappa shape index (κ3) is 5.34. The molecule has 140 valence electrons. The predicted octanol–water partition coefficient (Wildman–Crippen LogP) is 1.55. The number of nitrogens with zero attached hydrogens (tertiary/aromatic N) is 1. The molecule has 0 saturated carbocycles. The largest absolute Gasteiger partial charge is 0.383 e. The number of fused-ring (bicyclic) bond motifs is 1. The number of primary amides is 1. The van der Waals surface area contributed by atoms with Crippen molar-refractivity contribution in [2.75, 3.05) is 19.5 Å². The van der Waals surface area contributed by atoms with Gasteiger partial charge in [-0.1, -0.05) is 27.7 Å². The first-order valence-electron chi connectivity index (χ1n) is 7.96. The molecular formula is C17H22N4O3S2. The van der Waals surface area contributed by atoms with Crippen LogP contribution in [-0.4, -0.2) is 48.4 Å². The predicted molar refractivity (Wildman–Crippen MR) is 106 cm³/mol. The van der Waals surface area contributed by atoms with Gasteiger partial charge in [-0.25, -0.2) is 0 Å². The average molecular weight is 395 g/mol. The van der Waals surface area contributed by atoms with Gasteiger partial charge in [-0.15, -0.1) is 0 Å². The number of methoxy groups -OCH3 is 1. The van der Waals surface area contributed by atoms with Gasteiger partial charge >= 0.3 is 0 Å². The Labute approximate surface area is 160 Å². The van der Waals surface area contributed by atoms with Crippen LogP contribution in [0.2, 0.25) is 0 Å². The lowest BCUT2D eigenvalue weighted by molar-refractivity contribution is -0.118. The number of rotatable bonds is 9. The Morgan fingerprint density at radius 1 is 1.35 bits per heavy atom. The van der Waals surface area contributed by atoms with Crippen molar-refractivity contribution < 1.29 is 14.3 Å². The van der Waals surface area contributed by atoms with Gasteiger partial charge < -0.3 is 21.5 Å². The molecule has 26 heavy (non-hydrogen) atoms. The number of benzene rings is 1. The van der Waals surface area contributed by atoms with Gasteiger partial charge in [0.05, 0.1) is 18.2 Å². The van der Waals surface area contributed by atoms with Crippen LogP contribution in [0.5, 0.6) is 0 Å². The molecule has 0 saturated heterocycles. The van der Waals surface area contributed by atoms with Crippen LogP contribution in [0.4, 0.5) is 0 Å². The standard InChI is InChI=1S/C17H22N4O3S2/c1-10(8-24-2)21-17(23)12-5-6-14(15-11(12)4-3-7-20-15)26-25-9-13(18)16(19)22/h3-7,10,13H,8-9,18H2,1-2H3,(H2,19,22)(H,21,23)/t10?,13-/m0/s1. The number of pyridine rings is 1. The highest BCUT2D eigenvalue weighted by atomic mass is 33.1. The molecule has 2 aromatic rings. The average Bonchev–Trinajstić information content (AvgIpc) is 2.61. The van der Waals surface area contributed by atoms with E-state index in [1.54, 1.807) is 25.4 Å². The van der Waals surface area contributed by atoms with Crippen LogP contribution in [0.1, 0.15) is 17.3 Å². The highest BCUT2D eigenvalue weighted by Crippen LogP contribution is 2.36. The number of ether oxygens (including phenoxy) is 1. The van der Waals surface area contributed by atoms with E-state index in [4.69, 9.17) is 16.2 Å². The van der Waals surface area contributed by atoms with Gasteiger partial charge in [0, 0.05) is 40.9 Å². The zero-order valence-electron chi connectivity index (χ0n) is 14.6. The molecule has 7 nitrogen and oxygen atoms in total. The molecule has 1 aromatic heterocycles. The molecule has 0 aliphatic heterocycles.